The summed E-state index contributed by atoms with van der Waals surface area (Å²) in [7, 11) is 2.15. The van der Waals surface area contributed by atoms with Crippen LogP contribution in [-0.4, -0.2) is 49.3 Å². The summed E-state index contributed by atoms with van der Waals surface area (Å²) in [5.41, 5.74) is 0. The van der Waals surface area contributed by atoms with Crippen molar-refractivity contribution in [1.29, 1.82) is 0 Å². The molecule has 8 heteroatoms. The van der Waals surface area contributed by atoms with Crippen LogP contribution >= 0.6 is 0 Å². The fourth-order valence-corrected chi connectivity index (χ4v) is 3.91. The molecule has 0 unspecified atom stereocenters. The van der Waals surface area contributed by atoms with E-state index in [1.165, 1.54) is 70.6 Å². The first-order valence-corrected chi connectivity index (χ1v) is 12.9. The minimum atomic E-state index is -1.64. The van der Waals surface area contributed by atoms with E-state index in [2.05, 4.69) is 16.4 Å². The second kappa shape index (κ2) is 21.4. The van der Waals surface area contributed by atoms with E-state index in [4.69, 9.17) is 9.84 Å². The van der Waals surface area contributed by atoms with E-state index in [0.29, 0.717) is 6.42 Å². The summed E-state index contributed by atoms with van der Waals surface area (Å²) < 4.78 is 14.3. The summed E-state index contributed by atoms with van der Waals surface area (Å²) in [6, 6.07) is 0. The zero-order chi connectivity index (χ0) is 25.6. The van der Waals surface area contributed by atoms with E-state index in [9.17, 15) is 19.2 Å². The second-order valence-corrected chi connectivity index (χ2v) is 8.86. The molecule has 2 atom stereocenters. The van der Waals surface area contributed by atoms with Crippen LogP contribution in [0.25, 0.3) is 0 Å². The van der Waals surface area contributed by atoms with Gasteiger partial charge in [-0.3, -0.25) is 14.4 Å². The predicted molar refractivity (Wildman–Crippen MR) is 129 cm³/mol. The van der Waals surface area contributed by atoms with Crippen molar-refractivity contribution < 1.29 is 38.5 Å². The van der Waals surface area contributed by atoms with Crippen LogP contribution in [0.4, 0.5) is 0 Å². The Morgan fingerprint density at radius 1 is 0.647 bits per heavy atom. The largest absolute Gasteiger partial charge is 0.481 e. The molecule has 0 aromatic carbocycles. The molecule has 1 N–H and O–H groups in total. The Kier molecular flexibility index (Phi) is 20.1. The Balaban J connectivity index is 4.01. The molecule has 0 aliphatic carbocycles. The molecule has 0 aromatic heterocycles. The molecule has 0 aromatic rings. The van der Waals surface area contributed by atoms with Crippen LogP contribution in [0.15, 0.2) is 0 Å². The van der Waals surface area contributed by atoms with Crippen molar-refractivity contribution in [3.8, 4) is 0 Å². The van der Waals surface area contributed by atoms with Gasteiger partial charge in [0.25, 0.3) is 0 Å². The Labute approximate surface area is 205 Å². The van der Waals surface area contributed by atoms with Gasteiger partial charge in [0.15, 0.2) is 0 Å². The van der Waals surface area contributed by atoms with Gasteiger partial charge in [-0.15, -0.1) is 0 Å². The zero-order valence-corrected chi connectivity index (χ0v) is 21.5. The van der Waals surface area contributed by atoms with Crippen LogP contribution in [0.3, 0.4) is 0 Å². The van der Waals surface area contributed by atoms with Crippen molar-refractivity contribution in [2.45, 2.75) is 122 Å². The van der Waals surface area contributed by atoms with Crippen LogP contribution < -0.4 is 0 Å². The van der Waals surface area contributed by atoms with Crippen molar-refractivity contribution >= 4 is 23.9 Å². The van der Waals surface area contributed by atoms with Gasteiger partial charge in [-0.05, 0) is 6.42 Å². The summed E-state index contributed by atoms with van der Waals surface area (Å²) in [6.07, 6.45) is 15.9. The van der Waals surface area contributed by atoms with Crippen LogP contribution in [0.2, 0.25) is 0 Å². The predicted octanol–water partition coefficient (Wildman–Crippen LogP) is 5.60. The molecular weight excluding hydrogens is 440 g/mol. The highest BCUT2D eigenvalue weighted by atomic mass is 16.6. The number of aliphatic carboxylic acids is 1. The number of hydrogen-bond acceptors (Lipinski definition) is 7. The highest BCUT2D eigenvalue weighted by molar-refractivity contribution is 5.88. The molecule has 198 valence electrons. The van der Waals surface area contributed by atoms with Crippen LogP contribution in [0.1, 0.15) is 116 Å². The van der Waals surface area contributed by atoms with Crippen LogP contribution in [0, 0.1) is 5.92 Å². The molecule has 0 radical (unpaired) electrons. The average molecular weight is 487 g/mol. The summed E-state index contributed by atoms with van der Waals surface area (Å²) in [5, 5.41) is 9.02. The van der Waals surface area contributed by atoms with Crippen molar-refractivity contribution in [1.82, 2.24) is 0 Å². The SMILES string of the molecule is CCCCCCCCCCCCCCCCCC(=O)O[C@@H](C(=O)OC)[C@H](CC(=O)O)C(=O)OC. The maximum Gasteiger partial charge on any atom is 0.348 e. The Morgan fingerprint density at radius 3 is 1.44 bits per heavy atom. The fourth-order valence-electron chi connectivity index (χ4n) is 3.91. The average Bonchev–Trinajstić information content (AvgIpc) is 2.82. The minimum Gasteiger partial charge on any atom is -0.481 e. The van der Waals surface area contributed by atoms with Gasteiger partial charge in [0.05, 0.1) is 20.6 Å². The maximum atomic E-state index is 12.2. The number of hydrogen-bond donors (Lipinski definition) is 1. The third-order valence-corrected chi connectivity index (χ3v) is 5.94. The van der Waals surface area contributed by atoms with Gasteiger partial charge in [-0.25, -0.2) is 4.79 Å². The molecule has 0 rings (SSSR count). The summed E-state index contributed by atoms with van der Waals surface area (Å²) in [6.45, 7) is 2.24. The summed E-state index contributed by atoms with van der Waals surface area (Å²) in [4.78, 5) is 47.2. The van der Waals surface area contributed by atoms with Crippen molar-refractivity contribution in [3.63, 3.8) is 0 Å². The fraction of sp³-hybridized carbons (Fsp3) is 0.846. The number of esters is 3. The quantitative estimate of drug-likeness (QED) is 0.119. The number of carboxylic acid groups (broad SMARTS) is 1. The number of methoxy groups -OCH3 is 2. The van der Waals surface area contributed by atoms with Gasteiger partial charge in [0, 0.05) is 6.42 Å². The molecule has 0 saturated carbocycles. The van der Waals surface area contributed by atoms with Crippen LogP contribution in [-0.2, 0) is 33.4 Å². The van der Waals surface area contributed by atoms with E-state index in [-0.39, 0.29) is 6.42 Å². The number of ether oxygens (including phenoxy) is 3. The zero-order valence-electron chi connectivity index (χ0n) is 21.5. The van der Waals surface area contributed by atoms with Crippen molar-refractivity contribution in [2.75, 3.05) is 14.2 Å². The summed E-state index contributed by atoms with van der Waals surface area (Å²) in [5.74, 6) is -5.37. The Hall–Kier alpha value is -2.12. The monoisotopic (exact) mass is 486 g/mol. The van der Waals surface area contributed by atoms with E-state index in [1.807, 2.05) is 0 Å². The third kappa shape index (κ3) is 16.5. The molecule has 8 nitrogen and oxygen atoms in total. The van der Waals surface area contributed by atoms with Gasteiger partial charge >= 0.3 is 23.9 Å². The number of unbranched alkanes of at least 4 members (excludes halogenated alkanes) is 14. The topological polar surface area (TPSA) is 116 Å². The molecule has 0 saturated heterocycles. The standard InChI is InChI=1S/C26H46O8/c1-4-5-6-7-8-9-10-11-12-13-14-15-16-17-18-19-23(29)34-24(26(31)33-3)21(20-22(27)28)25(30)32-2/h21,24H,4-20H2,1-3H3,(H,27,28)/t21-,24+/m0/s1. The Morgan fingerprint density at radius 2 is 1.06 bits per heavy atom. The maximum absolute atomic E-state index is 12.2. The van der Waals surface area contributed by atoms with Gasteiger partial charge in [0.2, 0.25) is 6.10 Å². The highest BCUT2D eigenvalue weighted by Crippen LogP contribution is 2.19. The van der Waals surface area contributed by atoms with Crippen molar-refractivity contribution in [3.05, 3.63) is 0 Å². The molecular formula is C26H46O8. The second-order valence-electron chi connectivity index (χ2n) is 8.86. The molecule has 0 aliphatic rings. The van der Waals surface area contributed by atoms with E-state index < -0.39 is 42.3 Å². The number of carbonyl (C=O) groups is 4. The van der Waals surface area contributed by atoms with Gasteiger partial charge in [-0.1, -0.05) is 96.8 Å². The Bertz CT molecular complexity index is 575. The smallest absolute Gasteiger partial charge is 0.348 e. The summed E-state index contributed by atoms with van der Waals surface area (Å²) >= 11 is 0. The normalized spacial score (nSPS) is 12.6. The molecule has 0 aliphatic heterocycles. The lowest BCUT2D eigenvalue weighted by atomic mass is 9.98. The number of rotatable bonds is 22. The van der Waals surface area contributed by atoms with Gasteiger partial charge < -0.3 is 19.3 Å². The van der Waals surface area contributed by atoms with Gasteiger partial charge in [0.1, 0.15) is 5.92 Å². The van der Waals surface area contributed by atoms with Gasteiger partial charge in [-0.2, -0.15) is 0 Å². The van der Waals surface area contributed by atoms with Crippen molar-refractivity contribution in [2.24, 2.45) is 5.92 Å². The first kappa shape index (κ1) is 31.9. The lowest BCUT2D eigenvalue weighted by Crippen LogP contribution is -2.41. The molecule has 0 fully saturated rings. The highest BCUT2D eigenvalue weighted by Gasteiger charge is 2.40. The van der Waals surface area contributed by atoms with E-state index >= 15 is 0 Å². The first-order chi connectivity index (χ1) is 16.4. The van der Waals surface area contributed by atoms with E-state index in [0.717, 1.165) is 33.5 Å². The lowest BCUT2D eigenvalue weighted by Gasteiger charge is -2.22. The number of carbonyl (C=O) groups excluding carboxylic acids is 3. The molecule has 34 heavy (non-hydrogen) atoms. The minimum absolute atomic E-state index is 0.0900. The lowest BCUT2D eigenvalue weighted by molar-refractivity contribution is -0.177. The molecule has 0 bridgehead atoms. The molecule has 0 spiro atoms. The third-order valence-electron chi connectivity index (χ3n) is 5.94. The molecule has 0 heterocycles. The molecule has 0 amide bonds. The first-order valence-electron chi connectivity index (χ1n) is 12.9. The van der Waals surface area contributed by atoms with Crippen LogP contribution in [0.5, 0.6) is 0 Å². The number of carboxylic acids is 1. The van der Waals surface area contributed by atoms with E-state index in [1.54, 1.807) is 0 Å².